The van der Waals surface area contributed by atoms with Gasteiger partial charge in [0.05, 0.1) is 24.0 Å². The summed E-state index contributed by atoms with van der Waals surface area (Å²) in [6, 6.07) is 5.33. The van der Waals surface area contributed by atoms with Gasteiger partial charge in [-0.2, -0.15) is 11.8 Å². The zero-order valence-corrected chi connectivity index (χ0v) is 12.2. The monoisotopic (exact) mass is 280 g/mol. The molecule has 0 saturated carbocycles. The number of benzene rings is 1. The van der Waals surface area contributed by atoms with Crippen LogP contribution in [0.5, 0.6) is 0 Å². The van der Waals surface area contributed by atoms with Crippen LogP contribution in [0.2, 0.25) is 0 Å². The summed E-state index contributed by atoms with van der Waals surface area (Å²) in [5.74, 6) is 0.778. The molecule has 0 bridgehead atoms. The lowest BCUT2D eigenvalue weighted by atomic mass is 10.1. The van der Waals surface area contributed by atoms with Crippen molar-refractivity contribution in [1.29, 1.82) is 0 Å². The topological polar surface area (TPSA) is 55.6 Å². The number of ether oxygens (including phenoxy) is 1. The summed E-state index contributed by atoms with van der Waals surface area (Å²) in [6.45, 7) is 4.15. The summed E-state index contributed by atoms with van der Waals surface area (Å²) in [4.78, 5) is 13.9. The predicted octanol–water partition coefficient (Wildman–Crippen LogP) is 2.39. The van der Waals surface area contributed by atoms with E-state index in [9.17, 15) is 4.79 Å². The molecule has 0 radical (unpaired) electrons. The number of nitrogen functional groups attached to an aromatic ring is 1. The number of methoxy groups -OCH3 is 1. The Morgan fingerprint density at radius 3 is 3.05 bits per heavy atom. The third-order valence-electron chi connectivity index (χ3n) is 3.39. The van der Waals surface area contributed by atoms with E-state index >= 15 is 0 Å². The van der Waals surface area contributed by atoms with Crippen molar-refractivity contribution in [2.75, 3.05) is 36.6 Å². The van der Waals surface area contributed by atoms with E-state index in [1.54, 1.807) is 12.1 Å². The zero-order valence-electron chi connectivity index (χ0n) is 11.4. The van der Waals surface area contributed by atoms with Crippen molar-refractivity contribution >= 4 is 29.1 Å². The summed E-state index contributed by atoms with van der Waals surface area (Å²) in [7, 11) is 1.39. The van der Waals surface area contributed by atoms with Gasteiger partial charge in [0.15, 0.2) is 0 Å². The van der Waals surface area contributed by atoms with Crippen LogP contribution in [0, 0.1) is 0 Å². The van der Waals surface area contributed by atoms with Gasteiger partial charge in [0.1, 0.15) is 0 Å². The molecule has 0 amide bonds. The third kappa shape index (κ3) is 3.15. The third-order valence-corrected chi connectivity index (χ3v) is 4.76. The van der Waals surface area contributed by atoms with Crippen LogP contribution in [-0.2, 0) is 4.74 Å². The number of rotatable bonds is 3. The number of carbonyl (C=O) groups is 1. The van der Waals surface area contributed by atoms with Crippen LogP contribution in [0.1, 0.15) is 23.7 Å². The SMILES string of the molecule is CCC1CN(c2cc(C(=O)OC)ccc2N)CCS1. The number of hydrogen-bond acceptors (Lipinski definition) is 5. The molecule has 1 fully saturated rings. The molecule has 1 atom stereocenters. The Kier molecular flexibility index (Phi) is 4.58. The molecule has 2 N–H and O–H groups in total. The number of nitrogens with zero attached hydrogens (tertiary/aromatic N) is 1. The van der Waals surface area contributed by atoms with E-state index in [0.717, 1.165) is 36.6 Å². The van der Waals surface area contributed by atoms with E-state index in [0.29, 0.717) is 10.8 Å². The number of esters is 1. The quantitative estimate of drug-likeness (QED) is 0.680. The molecule has 1 heterocycles. The molecule has 1 aromatic carbocycles. The molecule has 0 aromatic heterocycles. The summed E-state index contributed by atoms with van der Waals surface area (Å²) in [6.07, 6.45) is 1.15. The predicted molar refractivity (Wildman–Crippen MR) is 80.9 cm³/mol. The number of anilines is 2. The fourth-order valence-corrected chi connectivity index (χ4v) is 3.43. The molecular weight excluding hydrogens is 260 g/mol. The largest absolute Gasteiger partial charge is 0.465 e. The van der Waals surface area contributed by atoms with E-state index in [-0.39, 0.29) is 5.97 Å². The highest BCUT2D eigenvalue weighted by Gasteiger charge is 2.21. The average molecular weight is 280 g/mol. The first-order chi connectivity index (χ1) is 9.15. The van der Waals surface area contributed by atoms with Gasteiger partial charge in [-0.3, -0.25) is 0 Å². The first-order valence-electron chi connectivity index (χ1n) is 6.50. The van der Waals surface area contributed by atoms with E-state index in [1.165, 1.54) is 7.11 Å². The molecule has 0 spiro atoms. The van der Waals surface area contributed by atoms with Crippen molar-refractivity contribution in [3.63, 3.8) is 0 Å². The standard InChI is InChI=1S/C14H20N2O2S/c1-3-11-9-16(6-7-19-11)13-8-10(14(17)18-2)4-5-12(13)15/h4-5,8,11H,3,6-7,9,15H2,1-2H3. The van der Waals surface area contributed by atoms with Gasteiger partial charge in [-0.15, -0.1) is 0 Å². The van der Waals surface area contributed by atoms with Crippen molar-refractivity contribution in [3.05, 3.63) is 23.8 Å². The van der Waals surface area contributed by atoms with E-state index in [2.05, 4.69) is 11.8 Å². The fourth-order valence-electron chi connectivity index (χ4n) is 2.25. The lowest BCUT2D eigenvalue weighted by Crippen LogP contribution is -2.38. The van der Waals surface area contributed by atoms with Gasteiger partial charge in [-0.25, -0.2) is 4.79 Å². The van der Waals surface area contributed by atoms with E-state index < -0.39 is 0 Å². The molecule has 1 aliphatic heterocycles. The van der Waals surface area contributed by atoms with Gasteiger partial charge in [0, 0.05) is 24.1 Å². The van der Waals surface area contributed by atoms with Crippen LogP contribution in [0.4, 0.5) is 11.4 Å². The summed E-state index contributed by atoms with van der Waals surface area (Å²) < 4.78 is 4.76. The van der Waals surface area contributed by atoms with Crippen molar-refractivity contribution < 1.29 is 9.53 Å². The highest BCUT2D eigenvalue weighted by Crippen LogP contribution is 2.30. The average Bonchev–Trinajstić information content (AvgIpc) is 2.47. The van der Waals surface area contributed by atoms with Crippen LogP contribution in [0.25, 0.3) is 0 Å². The lowest BCUT2D eigenvalue weighted by molar-refractivity contribution is 0.0601. The van der Waals surface area contributed by atoms with Crippen LogP contribution < -0.4 is 10.6 Å². The van der Waals surface area contributed by atoms with Gasteiger partial charge in [-0.05, 0) is 24.6 Å². The molecule has 0 aliphatic carbocycles. The van der Waals surface area contributed by atoms with E-state index in [1.807, 2.05) is 17.8 Å². The highest BCUT2D eigenvalue weighted by atomic mass is 32.2. The fraction of sp³-hybridized carbons (Fsp3) is 0.500. The number of hydrogen-bond donors (Lipinski definition) is 1. The minimum atomic E-state index is -0.320. The number of thioether (sulfide) groups is 1. The first kappa shape index (κ1) is 14.1. The summed E-state index contributed by atoms with van der Waals surface area (Å²) in [5, 5.41) is 0.634. The highest BCUT2D eigenvalue weighted by molar-refractivity contribution is 8.00. The molecule has 1 aromatic rings. The van der Waals surface area contributed by atoms with Crippen LogP contribution >= 0.6 is 11.8 Å². The Labute approximate surface area is 118 Å². The Bertz CT molecular complexity index is 465. The Hall–Kier alpha value is -1.36. The molecule has 1 unspecified atom stereocenters. The minimum absolute atomic E-state index is 0.320. The molecule has 2 rings (SSSR count). The van der Waals surface area contributed by atoms with Crippen molar-refractivity contribution in [1.82, 2.24) is 0 Å². The second-order valence-corrected chi connectivity index (χ2v) is 6.02. The normalized spacial score (nSPS) is 19.3. The Morgan fingerprint density at radius 1 is 1.58 bits per heavy atom. The maximum Gasteiger partial charge on any atom is 0.337 e. The van der Waals surface area contributed by atoms with Crippen molar-refractivity contribution in [2.45, 2.75) is 18.6 Å². The van der Waals surface area contributed by atoms with Gasteiger partial charge in [0.2, 0.25) is 0 Å². The van der Waals surface area contributed by atoms with Gasteiger partial charge in [0.25, 0.3) is 0 Å². The van der Waals surface area contributed by atoms with Gasteiger partial charge < -0.3 is 15.4 Å². The maximum atomic E-state index is 11.6. The van der Waals surface area contributed by atoms with Gasteiger partial charge in [-0.1, -0.05) is 6.92 Å². The summed E-state index contributed by atoms with van der Waals surface area (Å²) in [5.41, 5.74) is 8.26. The van der Waals surface area contributed by atoms with E-state index in [4.69, 9.17) is 10.5 Å². The summed E-state index contributed by atoms with van der Waals surface area (Å²) >= 11 is 2.01. The molecule has 4 nitrogen and oxygen atoms in total. The lowest BCUT2D eigenvalue weighted by Gasteiger charge is -2.34. The minimum Gasteiger partial charge on any atom is -0.465 e. The van der Waals surface area contributed by atoms with Crippen molar-refractivity contribution in [2.24, 2.45) is 0 Å². The number of carbonyl (C=O) groups excluding carboxylic acids is 1. The smallest absolute Gasteiger partial charge is 0.337 e. The molecular formula is C14H20N2O2S. The molecule has 19 heavy (non-hydrogen) atoms. The molecule has 104 valence electrons. The maximum absolute atomic E-state index is 11.6. The second kappa shape index (κ2) is 6.19. The molecule has 1 aliphatic rings. The van der Waals surface area contributed by atoms with Crippen molar-refractivity contribution in [3.8, 4) is 0 Å². The number of nitrogens with two attached hydrogens (primary N) is 1. The first-order valence-corrected chi connectivity index (χ1v) is 7.55. The zero-order chi connectivity index (χ0) is 13.8. The van der Waals surface area contributed by atoms with Crippen LogP contribution in [-0.4, -0.2) is 37.2 Å². The molecule has 1 saturated heterocycles. The molecule has 5 heteroatoms. The Balaban J connectivity index is 2.25. The van der Waals surface area contributed by atoms with Crippen LogP contribution in [0.3, 0.4) is 0 Å². The Morgan fingerprint density at radius 2 is 2.37 bits per heavy atom. The van der Waals surface area contributed by atoms with Crippen LogP contribution in [0.15, 0.2) is 18.2 Å². The second-order valence-electron chi connectivity index (χ2n) is 4.61. The van der Waals surface area contributed by atoms with Gasteiger partial charge >= 0.3 is 5.97 Å².